The van der Waals surface area contributed by atoms with Gasteiger partial charge in [-0.2, -0.15) is 0 Å². The van der Waals surface area contributed by atoms with Gasteiger partial charge >= 0.3 is 75.8 Å². The molecule has 1 aromatic rings. The monoisotopic (exact) mass is 230 g/mol. The Morgan fingerprint density at radius 2 is 1.45 bits per heavy atom. The van der Waals surface area contributed by atoms with E-state index in [0.717, 1.165) is 5.02 Å². The first-order chi connectivity index (χ1) is 5.00. The van der Waals surface area contributed by atoms with Crippen LogP contribution in [0.2, 0.25) is 22.3 Å². The Hall–Kier alpha value is 0.0529. The second-order valence-corrected chi connectivity index (χ2v) is 14.8. The van der Waals surface area contributed by atoms with E-state index >= 15 is 0 Å². The number of hydrogen-bond donors (Lipinski definition) is 0. The molecule has 0 amide bonds. The maximum atomic E-state index is 5.78. The normalized spacial score (nSPS) is 11.6. The van der Waals surface area contributed by atoms with Crippen molar-refractivity contribution in [2.45, 2.75) is 17.3 Å². The fourth-order valence-corrected chi connectivity index (χ4v) is 3.52. The van der Waals surface area contributed by atoms with Gasteiger partial charge in [-0.25, -0.2) is 0 Å². The summed E-state index contributed by atoms with van der Waals surface area (Å²) in [7, 11) is 0. The van der Waals surface area contributed by atoms with E-state index in [1.54, 1.807) is 0 Å². The molecule has 0 bridgehead atoms. The topological polar surface area (TPSA) is 0 Å². The predicted molar refractivity (Wildman–Crippen MR) is 54.4 cm³/mol. The molecule has 0 radical (unpaired) electrons. The molecular weight excluding hydrogens is 216 g/mol. The third-order valence-corrected chi connectivity index (χ3v) is 6.30. The molecule has 0 nitrogen and oxygen atoms in total. The summed E-state index contributed by atoms with van der Waals surface area (Å²) in [6, 6.07) is 8.27. The molecule has 0 N–H and O–H groups in total. The quantitative estimate of drug-likeness (QED) is 0.649. The first-order valence-corrected chi connectivity index (χ1v) is 11.5. The molecule has 0 aliphatic rings. The van der Waals surface area contributed by atoms with E-state index in [1.165, 1.54) is 4.40 Å². The van der Waals surface area contributed by atoms with Gasteiger partial charge in [-0.1, -0.05) is 0 Å². The van der Waals surface area contributed by atoms with Crippen LogP contribution < -0.4 is 4.40 Å². The van der Waals surface area contributed by atoms with Crippen molar-refractivity contribution in [3.63, 3.8) is 0 Å². The summed E-state index contributed by atoms with van der Waals surface area (Å²) in [5, 5.41) is 0.834. The minimum absolute atomic E-state index is 0.834. The predicted octanol–water partition coefficient (Wildman–Crippen LogP) is 2.89. The second-order valence-electron chi connectivity index (χ2n) is 3.76. The van der Waals surface area contributed by atoms with Crippen LogP contribution in [0.1, 0.15) is 0 Å². The first kappa shape index (κ1) is 9.14. The van der Waals surface area contributed by atoms with E-state index in [9.17, 15) is 0 Å². The van der Waals surface area contributed by atoms with Gasteiger partial charge in [0.15, 0.2) is 0 Å². The van der Waals surface area contributed by atoms with Gasteiger partial charge in [0.2, 0.25) is 0 Å². The average Bonchev–Trinajstić information content (AvgIpc) is 1.86. The minimum atomic E-state index is -1.58. The third kappa shape index (κ3) is 2.53. The zero-order valence-electron chi connectivity index (χ0n) is 7.19. The summed E-state index contributed by atoms with van der Waals surface area (Å²) in [6.07, 6.45) is 0. The number of rotatable bonds is 1. The molecule has 0 spiro atoms. The van der Waals surface area contributed by atoms with Crippen LogP contribution in [0, 0.1) is 0 Å². The van der Waals surface area contributed by atoms with Crippen LogP contribution in [0.25, 0.3) is 0 Å². The molecule has 0 aromatic heterocycles. The molecule has 11 heavy (non-hydrogen) atoms. The van der Waals surface area contributed by atoms with Crippen LogP contribution >= 0.6 is 11.6 Å². The molecule has 0 unspecified atom stereocenters. The van der Waals surface area contributed by atoms with Crippen molar-refractivity contribution in [2.75, 3.05) is 0 Å². The van der Waals surface area contributed by atoms with Crippen LogP contribution in [0.4, 0.5) is 0 Å². The van der Waals surface area contributed by atoms with Crippen molar-refractivity contribution in [3.05, 3.63) is 29.3 Å². The molecule has 0 aliphatic carbocycles. The Kier molecular flexibility index (Phi) is 2.66. The summed E-state index contributed by atoms with van der Waals surface area (Å²) < 4.78 is 1.51. The summed E-state index contributed by atoms with van der Waals surface area (Å²) in [6.45, 7) is 0. The Balaban J connectivity index is 2.99. The third-order valence-electron chi connectivity index (χ3n) is 1.71. The summed E-state index contributed by atoms with van der Waals surface area (Å²) in [4.78, 5) is 0. The molecule has 1 aromatic carbocycles. The zero-order chi connectivity index (χ0) is 8.48. The fraction of sp³-hybridized carbons (Fsp3) is 0.333. The molecule has 0 saturated carbocycles. The van der Waals surface area contributed by atoms with E-state index in [2.05, 4.69) is 29.4 Å². The molecule has 0 aliphatic heterocycles. The van der Waals surface area contributed by atoms with E-state index < -0.39 is 13.3 Å². The van der Waals surface area contributed by atoms with Gasteiger partial charge in [-0.05, 0) is 0 Å². The molecule has 60 valence electrons. The van der Waals surface area contributed by atoms with Gasteiger partial charge in [0.1, 0.15) is 0 Å². The Morgan fingerprint density at radius 1 is 1.00 bits per heavy atom. The van der Waals surface area contributed by atoms with Gasteiger partial charge in [-0.3, -0.25) is 0 Å². The summed E-state index contributed by atoms with van der Waals surface area (Å²) in [5.41, 5.74) is 0. The Bertz CT molecular complexity index is 233. The molecule has 0 atom stereocenters. The Labute approximate surface area is 75.9 Å². The van der Waals surface area contributed by atoms with Gasteiger partial charge in [0, 0.05) is 0 Å². The fourth-order valence-electron chi connectivity index (χ4n) is 0.950. The van der Waals surface area contributed by atoms with Gasteiger partial charge in [0.25, 0.3) is 0 Å². The van der Waals surface area contributed by atoms with Crippen molar-refractivity contribution >= 4 is 29.3 Å². The molecule has 1 rings (SSSR count). The van der Waals surface area contributed by atoms with Crippen molar-refractivity contribution in [1.82, 2.24) is 0 Å². The van der Waals surface area contributed by atoms with E-state index in [4.69, 9.17) is 11.6 Å². The van der Waals surface area contributed by atoms with Crippen LogP contribution in [0.5, 0.6) is 0 Å². The van der Waals surface area contributed by atoms with Crippen LogP contribution in [-0.2, 0) is 0 Å². The molecule has 2 heteroatoms. The van der Waals surface area contributed by atoms with Crippen molar-refractivity contribution < 1.29 is 0 Å². The van der Waals surface area contributed by atoms with Crippen LogP contribution in [-0.4, -0.2) is 13.3 Å². The van der Waals surface area contributed by atoms with Crippen molar-refractivity contribution in [3.8, 4) is 0 Å². The summed E-state index contributed by atoms with van der Waals surface area (Å²) >= 11 is 4.20. The van der Waals surface area contributed by atoms with Gasteiger partial charge < -0.3 is 0 Å². The average molecular weight is 229 g/mol. The first-order valence-electron chi connectivity index (χ1n) is 3.76. The Morgan fingerprint density at radius 3 is 1.82 bits per heavy atom. The second kappa shape index (κ2) is 3.20. The SMILES string of the molecule is [CH3][Ge]([CH3])([CH3])[c]1ccc(Cl)cc1. The van der Waals surface area contributed by atoms with Crippen LogP contribution in [0.15, 0.2) is 24.3 Å². The standard InChI is InChI=1S/C9H13ClGe/c1-11(2,3)9-6-4-8(10)5-7-9/h4-7H,1-3H3. The maximum absolute atomic E-state index is 5.78. The van der Waals surface area contributed by atoms with Crippen molar-refractivity contribution in [2.24, 2.45) is 0 Å². The van der Waals surface area contributed by atoms with Gasteiger partial charge in [-0.15, -0.1) is 0 Å². The van der Waals surface area contributed by atoms with E-state index in [0.29, 0.717) is 0 Å². The molecule has 0 fully saturated rings. The van der Waals surface area contributed by atoms with Gasteiger partial charge in [0.05, 0.1) is 0 Å². The number of halogens is 1. The van der Waals surface area contributed by atoms with E-state index in [-0.39, 0.29) is 0 Å². The molecule has 0 heterocycles. The zero-order valence-corrected chi connectivity index (χ0v) is 10.0. The van der Waals surface area contributed by atoms with E-state index in [1.807, 2.05) is 12.1 Å². The number of hydrogen-bond acceptors (Lipinski definition) is 0. The van der Waals surface area contributed by atoms with Crippen LogP contribution in [0.3, 0.4) is 0 Å². The number of benzene rings is 1. The summed E-state index contributed by atoms with van der Waals surface area (Å²) in [5.74, 6) is 7.13. The van der Waals surface area contributed by atoms with Crippen molar-refractivity contribution in [1.29, 1.82) is 0 Å². The molecular formula is C9H13ClGe. The molecule has 0 saturated heterocycles.